The first-order valence-electron chi connectivity index (χ1n) is 9.36. The minimum absolute atomic E-state index is 0.0251. The molecule has 142 valence electrons. The van der Waals surface area contributed by atoms with Crippen molar-refractivity contribution in [3.63, 3.8) is 0 Å². The smallest absolute Gasteiger partial charge is 0.253 e. The van der Waals surface area contributed by atoms with E-state index in [2.05, 4.69) is 24.4 Å². The molecular formula is C24H22FNO2. The van der Waals surface area contributed by atoms with Crippen molar-refractivity contribution in [1.82, 2.24) is 5.32 Å². The van der Waals surface area contributed by atoms with Gasteiger partial charge in [-0.3, -0.25) is 4.79 Å². The molecular weight excluding hydrogens is 353 g/mol. The summed E-state index contributed by atoms with van der Waals surface area (Å²) >= 11 is 0. The van der Waals surface area contributed by atoms with Crippen LogP contribution in [0.3, 0.4) is 0 Å². The zero-order valence-corrected chi connectivity index (χ0v) is 15.9. The van der Waals surface area contributed by atoms with Gasteiger partial charge in [0.05, 0.1) is 0 Å². The molecule has 28 heavy (non-hydrogen) atoms. The van der Waals surface area contributed by atoms with E-state index in [0.717, 1.165) is 27.8 Å². The second-order valence-electron chi connectivity index (χ2n) is 7.42. The van der Waals surface area contributed by atoms with E-state index in [4.69, 9.17) is 0 Å². The Morgan fingerprint density at radius 1 is 1.00 bits per heavy atom. The maximum absolute atomic E-state index is 14.7. The molecule has 3 aromatic carbocycles. The molecule has 1 heterocycles. The van der Waals surface area contributed by atoms with Crippen LogP contribution in [0.1, 0.15) is 39.5 Å². The quantitative estimate of drug-likeness (QED) is 0.613. The Labute approximate surface area is 163 Å². The van der Waals surface area contributed by atoms with Crippen molar-refractivity contribution >= 4 is 5.91 Å². The lowest BCUT2D eigenvalue weighted by atomic mass is 9.89. The second kappa shape index (κ2) is 7.21. The van der Waals surface area contributed by atoms with Crippen LogP contribution in [0, 0.1) is 19.7 Å². The lowest BCUT2D eigenvalue weighted by Crippen LogP contribution is -2.29. The van der Waals surface area contributed by atoms with Gasteiger partial charge in [-0.15, -0.1) is 0 Å². The first kappa shape index (κ1) is 18.4. The molecule has 4 bridgehead atoms. The molecule has 0 fully saturated rings. The summed E-state index contributed by atoms with van der Waals surface area (Å²) in [5.74, 6) is -0.864. The highest BCUT2D eigenvalue weighted by Gasteiger charge is 2.20. The minimum Gasteiger partial charge on any atom is -0.378 e. The molecule has 0 saturated carbocycles. The summed E-state index contributed by atoms with van der Waals surface area (Å²) in [4.78, 5) is 12.4. The molecule has 1 unspecified atom stereocenters. The molecule has 0 radical (unpaired) electrons. The van der Waals surface area contributed by atoms with Gasteiger partial charge >= 0.3 is 0 Å². The predicted octanol–water partition coefficient (Wildman–Crippen LogP) is 4.36. The summed E-state index contributed by atoms with van der Waals surface area (Å²) in [5.41, 5.74) is 6.76. The molecule has 1 aliphatic heterocycles. The average Bonchev–Trinajstić information content (AvgIpc) is 2.68. The van der Waals surface area contributed by atoms with Crippen molar-refractivity contribution in [2.45, 2.75) is 32.9 Å². The summed E-state index contributed by atoms with van der Waals surface area (Å²) < 4.78 is 14.7. The number of aliphatic hydroxyl groups is 1. The Hall–Kier alpha value is -2.98. The Bertz CT molecular complexity index is 1070. The fourth-order valence-corrected chi connectivity index (χ4v) is 3.93. The number of amides is 1. The van der Waals surface area contributed by atoms with Gasteiger partial charge in [0.15, 0.2) is 6.10 Å². The highest BCUT2D eigenvalue weighted by Crippen LogP contribution is 2.32. The third-order valence-electron chi connectivity index (χ3n) is 5.34. The standard InChI is InChI=1S/C24H22FNO2/c1-14-5-3-7-17-10-16-6-4-8-18(11-16)23(27)24(28)26-13-20-12-19(21(14)17)9-15(2)22(20)25/h3-9,11-12,23,27H,10,13H2,1-2H3,(H,26,28). The molecule has 1 amide bonds. The first-order valence-corrected chi connectivity index (χ1v) is 9.36. The predicted molar refractivity (Wildman–Crippen MR) is 107 cm³/mol. The van der Waals surface area contributed by atoms with Crippen LogP contribution < -0.4 is 5.32 Å². The number of hydrogen-bond acceptors (Lipinski definition) is 2. The summed E-state index contributed by atoms with van der Waals surface area (Å²) in [7, 11) is 0. The molecule has 3 nitrogen and oxygen atoms in total. The monoisotopic (exact) mass is 375 g/mol. The molecule has 0 aliphatic carbocycles. The zero-order chi connectivity index (χ0) is 19.8. The number of benzene rings is 3. The number of nitrogens with one attached hydrogen (secondary N) is 1. The number of hydrogen-bond donors (Lipinski definition) is 2. The molecule has 0 aromatic heterocycles. The van der Waals surface area contributed by atoms with Crippen LogP contribution in [0.4, 0.5) is 4.39 Å². The largest absolute Gasteiger partial charge is 0.378 e. The molecule has 1 aliphatic rings. The molecule has 1 atom stereocenters. The third-order valence-corrected chi connectivity index (χ3v) is 5.34. The van der Waals surface area contributed by atoms with Gasteiger partial charge in [-0.1, -0.05) is 42.5 Å². The Kier molecular flexibility index (Phi) is 4.73. The van der Waals surface area contributed by atoms with Crippen molar-refractivity contribution in [2.24, 2.45) is 0 Å². The van der Waals surface area contributed by atoms with Crippen LogP contribution in [-0.2, 0) is 17.8 Å². The summed E-state index contributed by atoms with van der Waals surface area (Å²) in [6.07, 6.45) is -0.629. The van der Waals surface area contributed by atoms with E-state index in [1.54, 1.807) is 19.1 Å². The number of aliphatic hydroxyl groups excluding tert-OH is 1. The molecule has 4 rings (SSSR count). The van der Waals surface area contributed by atoms with Crippen molar-refractivity contribution in [1.29, 1.82) is 0 Å². The van der Waals surface area contributed by atoms with Crippen LogP contribution in [0.5, 0.6) is 0 Å². The molecule has 0 spiro atoms. The van der Waals surface area contributed by atoms with Crippen LogP contribution in [0.15, 0.2) is 54.6 Å². The van der Waals surface area contributed by atoms with E-state index in [0.29, 0.717) is 23.1 Å². The number of rotatable bonds is 0. The van der Waals surface area contributed by atoms with E-state index in [9.17, 15) is 14.3 Å². The average molecular weight is 375 g/mol. The zero-order valence-electron chi connectivity index (χ0n) is 15.9. The van der Waals surface area contributed by atoms with E-state index in [1.165, 1.54) is 0 Å². The van der Waals surface area contributed by atoms with Crippen LogP contribution in [-0.4, -0.2) is 11.0 Å². The molecule has 3 aromatic rings. The van der Waals surface area contributed by atoms with Gasteiger partial charge in [-0.05, 0) is 71.3 Å². The van der Waals surface area contributed by atoms with Crippen molar-refractivity contribution < 1.29 is 14.3 Å². The normalized spacial score (nSPS) is 16.3. The Morgan fingerprint density at radius 2 is 1.79 bits per heavy atom. The summed E-state index contributed by atoms with van der Waals surface area (Å²) in [5, 5.41) is 13.1. The van der Waals surface area contributed by atoms with Crippen LogP contribution in [0.2, 0.25) is 0 Å². The maximum atomic E-state index is 14.7. The van der Waals surface area contributed by atoms with Gasteiger partial charge in [-0.2, -0.15) is 0 Å². The van der Waals surface area contributed by atoms with Crippen molar-refractivity contribution in [3.05, 3.63) is 93.8 Å². The Balaban J connectivity index is 1.96. The van der Waals surface area contributed by atoms with Gasteiger partial charge in [0.2, 0.25) is 0 Å². The van der Waals surface area contributed by atoms with Crippen LogP contribution >= 0.6 is 0 Å². The van der Waals surface area contributed by atoms with E-state index >= 15 is 0 Å². The number of fused-ring (bicyclic) bond motifs is 6. The molecule has 0 saturated heterocycles. The molecule has 2 N–H and O–H groups in total. The van der Waals surface area contributed by atoms with Gasteiger partial charge in [0.25, 0.3) is 5.91 Å². The fourth-order valence-electron chi connectivity index (χ4n) is 3.93. The SMILES string of the molecule is Cc1cc2cc(c1F)CNC(=O)C(O)c1cccc(c1)Cc1cccc(C)c1-2. The topological polar surface area (TPSA) is 49.3 Å². The summed E-state index contributed by atoms with van der Waals surface area (Å²) in [6.45, 7) is 3.81. The van der Waals surface area contributed by atoms with E-state index < -0.39 is 12.0 Å². The Morgan fingerprint density at radius 3 is 2.61 bits per heavy atom. The van der Waals surface area contributed by atoms with Gasteiger partial charge in [0.1, 0.15) is 5.82 Å². The van der Waals surface area contributed by atoms with Gasteiger partial charge in [-0.25, -0.2) is 4.39 Å². The second-order valence-corrected chi connectivity index (χ2v) is 7.42. The lowest BCUT2D eigenvalue weighted by molar-refractivity contribution is -0.129. The van der Waals surface area contributed by atoms with E-state index in [-0.39, 0.29) is 12.4 Å². The molecule has 4 heteroatoms. The van der Waals surface area contributed by atoms with Crippen LogP contribution in [0.25, 0.3) is 11.1 Å². The van der Waals surface area contributed by atoms with Gasteiger partial charge < -0.3 is 10.4 Å². The lowest BCUT2D eigenvalue weighted by Gasteiger charge is -2.16. The summed E-state index contributed by atoms with van der Waals surface area (Å²) in [6, 6.07) is 17.2. The minimum atomic E-state index is -1.29. The van der Waals surface area contributed by atoms with E-state index in [1.807, 2.05) is 30.3 Å². The first-order chi connectivity index (χ1) is 13.4. The number of carbonyl (C=O) groups excluding carboxylic acids is 1. The van der Waals surface area contributed by atoms with Crippen molar-refractivity contribution in [3.8, 4) is 11.1 Å². The number of carbonyl (C=O) groups is 1. The van der Waals surface area contributed by atoms with Gasteiger partial charge in [0, 0.05) is 12.1 Å². The maximum Gasteiger partial charge on any atom is 0.253 e. The number of aryl methyl sites for hydroxylation is 2. The third kappa shape index (κ3) is 3.32. The highest BCUT2D eigenvalue weighted by atomic mass is 19.1. The van der Waals surface area contributed by atoms with Crippen molar-refractivity contribution in [2.75, 3.05) is 0 Å². The fraction of sp³-hybridized carbons (Fsp3) is 0.208. The highest BCUT2D eigenvalue weighted by molar-refractivity contribution is 5.82. The number of halogens is 1.